The fourth-order valence-corrected chi connectivity index (χ4v) is 0.660. The van der Waals surface area contributed by atoms with Crippen molar-refractivity contribution in [2.24, 2.45) is 0 Å². The van der Waals surface area contributed by atoms with E-state index in [0.29, 0.717) is 13.2 Å². The molecule has 0 aliphatic carbocycles. The van der Waals surface area contributed by atoms with E-state index in [9.17, 15) is 0 Å². The van der Waals surface area contributed by atoms with Crippen molar-refractivity contribution < 1.29 is 9.47 Å². The Balaban J connectivity index is 2.65. The molecule has 0 aromatic carbocycles. The smallest absolute Gasteiger partial charge is 0.0700 e. The van der Waals surface area contributed by atoms with Crippen LogP contribution in [0.2, 0.25) is 0 Å². The highest BCUT2D eigenvalue weighted by Crippen LogP contribution is 1.85. The molecule has 0 aliphatic heterocycles. The Labute approximate surface area is 68.3 Å². The van der Waals surface area contributed by atoms with Gasteiger partial charge in [-0.05, 0) is 19.1 Å². The van der Waals surface area contributed by atoms with Crippen LogP contribution < -0.4 is 0 Å². The summed E-state index contributed by atoms with van der Waals surface area (Å²) < 4.78 is 10.3. The van der Waals surface area contributed by atoms with E-state index in [1.165, 1.54) is 0 Å². The standard InChI is InChI=1S/C7H16O2S/c1-2-8-5-6-9-4-3-7-10/h10H,2-7H2,1H3. The van der Waals surface area contributed by atoms with Gasteiger partial charge in [0.1, 0.15) is 0 Å². The second-order valence-electron chi connectivity index (χ2n) is 1.89. The molecule has 0 rings (SSSR count). The fraction of sp³-hybridized carbons (Fsp3) is 1.00. The Morgan fingerprint density at radius 3 is 2.40 bits per heavy atom. The van der Waals surface area contributed by atoms with Gasteiger partial charge in [-0.3, -0.25) is 0 Å². The molecule has 62 valence electrons. The molecule has 0 amide bonds. The predicted molar refractivity (Wildman–Crippen MR) is 45.8 cm³/mol. The van der Waals surface area contributed by atoms with Crippen molar-refractivity contribution in [1.29, 1.82) is 0 Å². The molecule has 0 spiro atoms. The van der Waals surface area contributed by atoms with Gasteiger partial charge in [0.05, 0.1) is 13.2 Å². The summed E-state index contributed by atoms with van der Waals surface area (Å²) in [5.74, 6) is 0.897. The molecule has 0 unspecified atom stereocenters. The highest BCUT2D eigenvalue weighted by molar-refractivity contribution is 7.80. The maximum Gasteiger partial charge on any atom is 0.0700 e. The third-order valence-electron chi connectivity index (χ3n) is 1.02. The molecule has 0 atom stereocenters. The normalized spacial score (nSPS) is 10.2. The van der Waals surface area contributed by atoms with Gasteiger partial charge in [-0.25, -0.2) is 0 Å². The van der Waals surface area contributed by atoms with Gasteiger partial charge in [0, 0.05) is 13.2 Å². The first kappa shape index (κ1) is 10.3. The topological polar surface area (TPSA) is 18.5 Å². The van der Waals surface area contributed by atoms with E-state index in [-0.39, 0.29) is 0 Å². The Hall–Kier alpha value is 0.270. The molecule has 0 N–H and O–H groups in total. The highest BCUT2D eigenvalue weighted by atomic mass is 32.1. The molecule has 0 fully saturated rings. The van der Waals surface area contributed by atoms with E-state index < -0.39 is 0 Å². The lowest BCUT2D eigenvalue weighted by Gasteiger charge is -2.01. The average molecular weight is 164 g/mol. The Kier molecular flexibility index (Phi) is 9.52. The summed E-state index contributed by atoms with van der Waals surface area (Å²) in [6, 6.07) is 0. The SMILES string of the molecule is CCOCCOCCCS. The van der Waals surface area contributed by atoms with Crippen LogP contribution in [0.15, 0.2) is 0 Å². The first-order chi connectivity index (χ1) is 4.91. The average Bonchev–Trinajstić information content (AvgIpc) is 1.97. The zero-order chi connectivity index (χ0) is 7.66. The van der Waals surface area contributed by atoms with E-state index in [0.717, 1.165) is 25.4 Å². The van der Waals surface area contributed by atoms with Crippen molar-refractivity contribution in [2.45, 2.75) is 13.3 Å². The van der Waals surface area contributed by atoms with Crippen LogP contribution in [0.5, 0.6) is 0 Å². The van der Waals surface area contributed by atoms with Crippen molar-refractivity contribution in [1.82, 2.24) is 0 Å². The van der Waals surface area contributed by atoms with Crippen LogP contribution >= 0.6 is 12.6 Å². The molecule has 0 aromatic rings. The van der Waals surface area contributed by atoms with E-state index >= 15 is 0 Å². The monoisotopic (exact) mass is 164 g/mol. The van der Waals surface area contributed by atoms with Crippen LogP contribution in [0, 0.1) is 0 Å². The van der Waals surface area contributed by atoms with Gasteiger partial charge in [0.15, 0.2) is 0 Å². The van der Waals surface area contributed by atoms with E-state index in [4.69, 9.17) is 9.47 Å². The Morgan fingerprint density at radius 2 is 1.80 bits per heavy atom. The van der Waals surface area contributed by atoms with Crippen molar-refractivity contribution >= 4 is 12.6 Å². The van der Waals surface area contributed by atoms with Gasteiger partial charge in [-0.1, -0.05) is 0 Å². The molecule has 10 heavy (non-hydrogen) atoms. The van der Waals surface area contributed by atoms with Crippen LogP contribution in [0.1, 0.15) is 13.3 Å². The van der Waals surface area contributed by atoms with E-state index in [1.807, 2.05) is 6.92 Å². The minimum Gasteiger partial charge on any atom is -0.379 e. The van der Waals surface area contributed by atoms with Crippen LogP contribution in [0.4, 0.5) is 0 Å². The minimum absolute atomic E-state index is 0.710. The van der Waals surface area contributed by atoms with Crippen molar-refractivity contribution in [3.63, 3.8) is 0 Å². The van der Waals surface area contributed by atoms with Crippen molar-refractivity contribution in [2.75, 3.05) is 32.2 Å². The Morgan fingerprint density at radius 1 is 1.10 bits per heavy atom. The summed E-state index contributed by atoms with van der Waals surface area (Å²) in [7, 11) is 0. The molecule has 3 heteroatoms. The predicted octanol–water partition coefficient (Wildman–Crippen LogP) is 1.36. The third-order valence-corrected chi connectivity index (χ3v) is 1.34. The number of hydrogen-bond acceptors (Lipinski definition) is 3. The number of ether oxygens (including phenoxy) is 2. The van der Waals surface area contributed by atoms with Crippen LogP contribution in [0.25, 0.3) is 0 Å². The minimum atomic E-state index is 0.710. The number of thiol groups is 1. The zero-order valence-electron chi connectivity index (χ0n) is 6.51. The van der Waals surface area contributed by atoms with Gasteiger partial charge in [0.25, 0.3) is 0 Å². The van der Waals surface area contributed by atoms with Gasteiger partial charge in [0.2, 0.25) is 0 Å². The van der Waals surface area contributed by atoms with Gasteiger partial charge in [-0.15, -0.1) is 0 Å². The molecular formula is C7H16O2S. The van der Waals surface area contributed by atoms with Crippen LogP contribution in [-0.2, 0) is 9.47 Å². The molecule has 0 aromatic heterocycles. The second-order valence-corrected chi connectivity index (χ2v) is 2.33. The van der Waals surface area contributed by atoms with Gasteiger partial charge < -0.3 is 9.47 Å². The molecule has 0 bridgehead atoms. The molecule has 0 saturated heterocycles. The van der Waals surface area contributed by atoms with Crippen molar-refractivity contribution in [3.05, 3.63) is 0 Å². The van der Waals surface area contributed by atoms with Gasteiger partial charge >= 0.3 is 0 Å². The van der Waals surface area contributed by atoms with Gasteiger partial charge in [-0.2, -0.15) is 12.6 Å². The largest absolute Gasteiger partial charge is 0.379 e. The maximum atomic E-state index is 5.20. The summed E-state index contributed by atoms with van der Waals surface area (Å²) in [4.78, 5) is 0. The van der Waals surface area contributed by atoms with E-state index in [1.54, 1.807) is 0 Å². The summed E-state index contributed by atoms with van der Waals surface area (Å²) >= 11 is 4.05. The first-order valence-corrected chi connectivity index (χ1v) is 4.31. The molecule has 2 nitrogen and oxygen atoms in total. The zero-order valence-corrected chi connectivity index (χ0v) is 7.40. The Bertz CT molecular complexity index is 51.6. The van der Waals surface area contributed by atoms with Crippen molar-refractivity contribution in [3.8, 4) is 0 Å². The van der Waals surface area contributed by atoms with Crippen LogP contribution in [-0.4, -0.2) is 32.2 Å². The summed E-state index contributed by atoms with van der Waals surface area (Å²) in [6.45, 7) is 4.98. The summed E-state index contributed by atoms with van der Waals surface area (Å²) in [5.41, 5.74) is 0. The highest BCUT2D eigenvalue weighted by Gasteiger charge is 1.86. The molecule has 0 aliphatic rings. The summed E-state index contributed by atoms with van der Waals surface area (Å²) in [5, 5.41) is 0. The first-order valence-electron chi connectivity index (χ1n) is 3.68. The second kappa shape index (κ2) is 9.27. The fourth-order valence-electron chi connectivity index (χ4n) is 0.531. The number of hydrogen-bond donors (Lipinski definition) is 1. The molecule has 0 heterocycles. The molecule has 0 saturated carbocycles. The quantitative estimate of drug-likeness (QED) is 0.452. The lowest BCUT2D eigenvalue weighted by molar-refractivity contribution is 0.0534. The maximum absolute atomic E-state index is 5.20. The lowest BCUT2D eigenvalue weighted by Crippen LogP contribution is -2.04. The van der Waals surface area contributed by atoms with Crippen LogP contribution in [0.3, 0.4) is 0 Å². The molecular weight excluding hydrogens is 148 g/mol. The third kappa shape index (κ3) is 8.27. The molecule has 0 radical (unpaired) electrons. The summed E-state index contributed by atoms with van der Waals surface area (Å²) in [6.07, 6.45) is 1.02. The lowest BCUT2D eigenvalue weighted by atomic mass is 10.5. The van der Waals surface area contributed by atoms with E-state index in [2.05, 4.69) is 12.6 Å². The number of rotatable bonds is 7.